The van der Waals surface area contributed by atoms with E-state index >= 15 is 0 Å². The molecule has 0 fully saturated rings. The van der Waals surface area contributed by atoms with E-state index in [1.54, 1.807) is 39.6 Å². The van der Waals surface area contributed by atoms with Gasteiger partial charge in [-0.15, -0.1) is 10.2 Å². The van der Waals surface area contributed by atoms with Gasteiger partial charge in [-0.3, -0.25) is 29.1 Å². The molecule has 6 heterocycles. The Morgan fingerprint density at radius 3 is 1.30 bits per heavy atom. The number of allylic oxidation sites excluding steroid dienone is 4. The summed E-state index contributed by atoms with van der Waals surface area (Å²) >= 11 is 12.5. The van der Waals surface area contributed by atoms with Gasteiger partial charge < -0.3 is 35.5 Å². The highest BCUT2D eigenvalue weighted by molar-refractivity contribution is 6.31. The number of methoxy groups -OCH3 is 4. The van der Waals surface area contributed by atoms with Gasteiger partial charge in [-0.05, 0) is 259 Å². The summed E-state index contributed by atoms with van der Waals surface area (Å²) in [6.07, 6.45) is 25.7. The number of pyridine rings is 2. The van der Waals surface area contributed by atoms with Crippen LogP contribution < -0.4 is 30.4 Å². The third-order valence-corrected chi connectivity index (χ3v) is 23.7. The number of aromatic nitrogens is 8. The fraction of sp³-hybridized carbons (Fsp3) is 0.420. The molecule has 10 aromatic rings. The van der Waals surface area contributed by atoms with Gasteiger partial charge >= 0.3 is 12.1 Å². The average Bonchev–Trinajstić information content (AvgIpc) is 1.01. The average molecular weight is 1550 g/mol. The van der Waals surface area contributed by atoms with Gasteiger partial charge in [0.2, 0.25) is 0 Å². The number of fused-ring (bicyclic) bond motifs is 12. The molecule has 4 bridgehead atoms. The van der Waals surface area contributed by atoms with Crippen LogP contribution in [0.25, 0.3) is 21.8 Å². The number of hydrogen-bond acceptors (Lipinski definition) is 15. The van der Waals surface area contributed by atoms with Gasteiger partial charge in [0.25, 0.3) is 0 Å². The second-order valence-corrected chi connectivity index (χ2v) is 31.4. The number of rotatable bonds is 26. The Kier molecular flexibility index (Phi) is 25.0. The monoisotopic (exact) mass is 1550 g/mol. The van der Waals surface area contributed by atoms with Crippen LogP contribution in [-0.2, 0) is 56.4 Å². The molecule has 16 rings (SSSR count). The second kappa shape index (κ2) is 35.4. The number of unbranched alkanes of at least 4 members (excludes halogenated alkanes) is 4. The predicted molar refractivity (Wildman–Crippen MR) is 430 cm³/mol. The molecular formula is C88H99Cl2F3N12O6. The first-order chi connectivity index (χ1) is 53.9. The topological polar surface area (TPSA) is 220 Å². The summed E-state index contributed by atoms with van der Waals surface area (Å²) in [5.74, 6) is 2.43. The molecule has 6 aliphatic rings. The zero-order valence-corrected chi connectivity index (χ0v) is 65.2. The fourth-order valence-electron chi connectivity index (χ4n) is 18.1. The fourth-order valence-corrected chi connectivity index (χ4v) is 18.4. The van der Waals surface area contributed by atoms with Gasteiger partial charge in [0.1, 0.15) is 0 Å². The largest absolute Gasteiger partial charge is 0.493 e. The van der Waals surface area contributed by atoms with Crippen molar-refractivity contribution in [3.8, 4) is 23.0 Å². The Morgan fingerprint density at radius 1 is 0.514 bits per heavy atom. The summed E-state index contributed by atoms with van der Waals surface area (Å²) in [5, 5.41) is 28.6. The van der Waals surface area contributed by atoms with Crippen LogP contribution in [0.15, 0.2) is 157 Å². The number of carboxylic acids is 1. The van der Waals surface area contributed by atoms with Crippen LogP contribution in [-0.4, -0.2) is 122 Å². The molecule has 0 radical (unpaired) electrons. The standard InChI is InChI=1S/2C43H49ClN6O2.C2HF3O2/c2*1-51-39-24-31-16-19-49(43(30-11-4-3-5-12-30)36(31)26-40(39)52-2)17-8-7-13-34-27-50(48-47-34)18-9-6-10-28-20-29-22-32(21-28)41-38(23-29)46-37-25-33(44)14-15-35(37)42(41)45;3-2(4,5)1(6)7/h2*3-5,11-12,14-15,20,24-27,29,32,43H,6-10,13,16-19,21-23H2,1-2H3,(H2,45,46);(H,6,7). The van der Waals surface area contributed by atoms with Crippen molar-refractivity contribution in [2.24, 2.45) is 11.8 Å². The number of hydrogen-bond donors (Lipinski definition) is 3. The summed E-state index contributed by atoms with van der Waals surface area (Å²) in [4.78, 5) is 24.2. The lowest BCUT2D eigenvalue weighted by Gasteiger charge is -2.38. The lowest BCUT2D eigenvalue weighted by Crippen LogP contribution is -2.37. The minimum Gasteiger partial charge on any atom is -0.493 e. The van der Waals surface area contributed by atoms with Crippen LogP contribution in [0.2, 0.25) is 10.0 Å². The minimum atomic E-state index is -5.08. The Hall–Kier alpha value is -9.54. The van der Waals surface area contributed by atoms with Gasteiger partial charge in [0.15, 0.2) is 23.0 Å². The first kappa shape index (κ1) is 78.2. The smallest absolute Gasteiger partial charge is 0.490 e. The number of nitrogens with zero attached hydrogens (tertiary/aromatic N) is 10. The Balaban J connectivity index is 0.000000170. The van der Waals surface area contributed by atoms with Crippen molar-refractivity contribution in [2.75, 3.05) is 66.1 Å². The summed E-state index contributed by atoms with van der Waals surface area (Å²) < 4.78 is 58.5. The number of nitrogens with two attached hydrogens (primary N) is 2. The molecule has 0 saturated heterocycles. The maximum absolute atomic E-state index is 10.6. The molecule has 6 atom stereocenters. The quantitative estimate of drug-likeness (QED) is 0.0339. The Bertz CT molecular complexity index is 4700. The van der Waals surface area contributed by atoms with Crippen LogP contribution in [0.3, 0.4) is 0 Å². The summed E-state index contributed by atoms with van der Waals surface area (Å²) in [6, 6.07) is 42.5. The molecular weight excluding hydrogens is 1450 g/mol. The van der Waals surface area contributed by atoms with Crippen molar-refractivity contribution in [1.29, 1.82) is 0 Å². The zero-order valence-electron chi connectivity index (χ0n) is 63.7. The minimum absolute atomic E-state index is 0.195. The van der Waals surface area contributed by atoms with Crippen molar-refractivity contribution in [2.45, 2.75) is 172 Å². The van der Waals surface area contributed by atoms with Gasteiger partial charge in [-0.1, -0.05) is 118 Å². The number of aliphatic carboxylic acids is 1. The molecule has 111 heavy (non-hydrogen) atoms. The molecule has 23 heteroatoms. The normalized spacial score (nSPS) is 19.1. The van der Waals surface area contributed by atoms with Crippen molar-refractivity contribution >= 4 is 62.4 Å². The highest BCUT2D eigenvalue weighted by Crippen LogP contribution is 2.50. The maximum atomic E-state index is 10.6. The van der Waals surface area contributed by atoms with E-state index in [0.717, 1.165) is 222 Å². The van der Waals surface area contributed by atoms with Crippen LogP contribution in [0, 0.1) is 11.8 Å². The predicted octanol–water partition coefficient (Wildman–Crippen LogP) is 18.4. The van der Waals surface area contributed by atoms with E-state index in [-0.39, 0.29) is 12.1 Å². The molecule has 18 nitrogen and oxygen atoms in total. The van der Waals surface area contributed by atoms with Crippen molar-refractivity contribution in [3.05, 3.63) is 234 Å². The maximum Gasteiger partial charge on any atom is 0.490 e. The van der Waals surface area contributed by atoms with Crippen LogP contribution >= 0.6 is 23.2 Å². The van der Waals surface area contributed by atoms with E-state index in [0.29, 0.717) is 33.7 Å². The number of benzene rings is 6. The highest BCUT2D eigenvalue weighted by atomic mass is 35.5. The highest BCUT2D eigenvalue weighted by Gasteiger charge is 2.39. The van der Waals surface area contributed by atoms with E-state index in [1.165, 1.54) is 68.7 Å². The number of aryl methyl sites for hydroxylation is 4. The summed E-state index contributed by atoms with van der Waals surface area (Å²) in [6.45, 7) is 5.89. The van der Waals surface area contributed by atoms with E-state index in [4.69, 9.17) is 73.5 Å². The first-order valence-electron chi connectivity index (χ1n) is 39.2. The molecule has 2 aliphatic heterocycles. The number of ether oxygens (including phenoxy) is 4. The SMILES string of the molecule is COc1cc2c(cc1OC)C(c1ccccc1)N(CCCCc1cn(CCCCC3=CC4Cc5nc6cc(Cl)ccc6c(N)c5C(C3)C4)nn1)CC2.COc1cc2c(cc1OC)C(c1ccccc1)N(CCCCc1cn(CCCCC3=CC4Cc5nc6cc(Cl)ccc6c(N)c5C(C3)C4)nn1)CC2.O=C(O)C(F)(F)F. The Morgan fingerprint density at radius 2 is 0.901 bits per heavy atom. The number of carbonyl (C=O) groups is 1. The van der Waals surface area contributed by atoms with E-state index < -0.39 is 12.1 Å². The number of carboxylic acid groups (broad SMARTS) is 1. The van der Waals surface area contributed by atoms with E-state index in [1.807, 2.05) is 45.8 Å². The Labute approximate surface area is 657 Å². The molecule has 0 amide bonds. The summed E-state index contributed by atoms with van der Waals surface area (Å²) in [5.41, 5.74) is 35.3. The van der Waals surface area contributed by atoms with Crippen molar-refractivity contribution in [3.63, 3.8) is 0 Å². The van der Waals surface area contributed by atoms with E-state index in [2.05, 4.69) is 140 Å². The van der Waals surface area contributed by atoms with Crippen LogP contribution in [0.5, 0.6) is 23.0 Å². The molecule has 0 spiro atoms. The van der Waals surface area contributed by atoms with Crippen LogP contribution in [0.4, 0.5) is 24.5 Å². The molecule has 582 valence electrons. The number of anilines is 2. The first-order valence-corrected chi connectivity index (χ1v) is 39.9. The van der Waals surface area contributed by atoms with Gasteiger partial charge in [0.05, 0.1) is 62.9 Å². The van der Waals surface area contributed by atoms with Crippen molar-refractivity contribution in [1.82, 2.24) is 49.8 Å². The van der Waals surface area contributed by atoms with Gasteiger partial charge in [-0.2, -0.15) is 13.2 Å². The number of nitrogen functional groups attached to an aromatic ring is 2. The van der Waals surface area contributed by atoms with Crippen LogP contribution in [0.1, 0.15) is 181 Å². The lowest BCUT2D eigenvalue weighted by molar-refractivity contribution is -0.192. The number of halogens is 5. The second-order valence-electron chi connectivity index (χ2n) is 30.5. The molecule has 5 N–H and O–H groups in total. The number of alkyl halides is 3. The molecule has 0 saturated carbocycles. The lowest BCUT2D eigenvalue weighted by atomic mass is 9.70. The molecule has 4 aliphatic carbocycles. The molecule has 6 unspecified atom stereocenters. The third kappa shape index (κ3) is 18.3. The zero-order chi connectivity index (χ0) is 77.3. The van der Waals surface area contributed by atoms with E-state index in [9.17, 15) is 13.2 Å². The summed E-state index contributed by atoms with van der Waals surface area (Å²) in [7, 11) is 6.84. The third-order valence-electron chi connectivity index (χ3n) is 23.2. The van der Waals surface area contributed by atoms with Crippen molar-refractivity contribution < 1.29 is 42.0 Å². The molecule has 4 aromatic heterocycles. The van der Waals surface area contributed by atoms with Gasteiger partial charge in [-0.25, -0.2) is 4.79 Å². The molecule has 6 aromatic carbocycles. The van der Waals surface area contributed by atoms with Gasteiger partial charge in [0, 0.05) is 93.3 Å².